The molecule has 0 unspecified atom stereocenters. The van der Waals surface area contributed by atoms with Crippen LogP contribution in [0.2, 0.25) is 0 Å². The molecule has 0 radical (unpaired) electrons. The van der Waals surface area contributed by atoms with Crippen molar-refractivity contribution in [3.63, 3.8) is 0 Å². The van der Waals surface area contributed by atoms with E-state index in [9.17, 15) is 0 Å². The van der Waals surface area contributed by atoms with Crippen LogP contribution in [0.4, 0.5) is 5.69 Å². The Labute approximate surface area is 111 Å². The Bertz CT molecular complexity index is 504. The van der Waals surface area contributed by atoms with Crippen LogP contribution in [-0.4, -0.2) is 17.0 Å². The molecule has 2 aromatic rings. The number of rotatable bonds is 4. The van der Waals surface area contributed by atoms with Crippen LogP contribution >= 0.6 is 11.3 Å². The molecule has 0 spiro atoms. The molecule has 5 heteroatoms. The Morgan fingerprint density at radius 3 is 2.72 bits per heavy atom. The molecule has 0 fully saturated rings. The molecule has 0 amide bonds. The number of pyridine rings is 1. The monoisotopic (exact) mass is 262 g/mol. The highest BCUT2D eigenvalue weighted by Crippen LogP contribution is 2.17. The number of nitrogens with zero attached hydrogens (tertiary/aromatic N) is 3. The minimum atomic E-state index is -0.0226. The molecule has 0 bridgehead atoms. The van der Waals surface area contributed by atoms with Gasteiger partial charge in [0.2, 0.25) is 0 Å². The van der Waals surface area contributed by atoms with Gasteiger partial charge < -0.3 is 10.6 Å². The van der Waals surface area contributed by atoms with Crippen LogP contribution in [0.15, 0.2) is 23.7 Å². The number of hydrogen-bond acceptors (Lipinski definition) is 5. The third-order valence-electron chi connectivity index (χ3n) is 2.74. The Hall–Kier alpha value is -1.46. The van der Waals surface area contributed by atoms with Crippen LogP contribution in [-0.2, 0) is 6.54 Å². The predicted molar refractivity (Wildman–Crippen MR) is 75.8 cm³/mol. The second-order valence-corrected chi connectivity index (χ2v) is 5.51. The minimum Gasteiger partial charge on any atom is -0.367 e. The molecule has 2 aromatic heterocycles. The first kappa shape index (κ1) is 13.0. The van der Waals surface area contributed by atoms with E-state index in [0.29, 0.717) is 0 Å². The van der Waals surface area contributed by atoms with Crippen molar-refractivity contribution in [2.24, 2.45) is 5.73 Å². The van der Waals surface area contributed by atoms with Crippen molar-refractivity contribution in [1.82, 2.24) is 9.97 Å². The van der Waals surface area contributed by atoms with E-state index in [4.69, 9.17) is 5.73 Å². The van der Waals surface area contributed by atoms with Crippen molar-refractivity contribution in [3.05, 3.63) is 40.1 Å². The maximum atomic E-state index is 5.78. The molecule has 96 valence electrons. The first-order valence-electron chi connectivity index (χ1n) is 5.90. The van der Waals surface area contributed by atoms with E-state index in [1.165, 1.54) is 0 Å². The van der Waals surface area contributed by atoms with Gasteiger partial charge in [-0.2, -0.15) is 0 Å². The summed E-state index contributed by atoms with van der Waals surface area (Å²) < 4.78 is 0. The molecule has 4 nitrogen and oxygen atoms in total. The first-order chi connectivity index (χ1) is 8.56. The molecule has 0 saturated heterocycles. The largest absolute Gasteiger partial charge is 0.367 e. The average Bonchev–Trinajstić information content (AvgIpc) is 2.75. The smallest absolute Gasteiger partial charge is 0.0898 e. The molecule has 2 rings (SSSR count). The molecular weight excluding hydrogens is 244 g/mol. The third-order valence-corrected chi connectivity index (χ3v) is 3.57. The van der Waals surface area contributed by atoms with Crippen LogP contribution in [0.3, 0.4) is 0 Å². The van der Waals surface area contributed by atoms with Crippen LogP contribution in [0.5, 0.6) is 0 Å². The highest BCUT2D eigenvalue weighted by molar-refractivity contribution is 7.09. The lowest BCUT2D eigenvalue weighted by molar-refractivity contribution is 0.778. The van der Waals surface area contributed by atoms with E-state index in [0.717, 1.165) is 28.6 Å². The highest BCUT2D eigenvalue weighted by atomic mass is 32.1. The molecule has 0 saturated carbocycles. The number of nitrogens with two attached hydrogens (primary N) is 1. The summed E-state index contributed by atoms with van der Waals surface area (Å²) in [7, 11) is 2.04. The molecule has 0 aliphatic carbocycles. The van der Waals surface area contributed by atoms with Gasteiger partial charge in [0.05, 0.1) is 34.8 Å². The van der Waals surface area contributed by atoms with Gasteiger partial charge in [-0.1, -0.05) is 0 Å². The number of thiazole rings is 1. The van der Waals surface area contributed by atoms with Gasteiger partial charge in [0.1, 0.15) is 0 Å². The lowest BCUT2D eigenvalue weighted by atomic mass is 10.2. The van der Waals surface area contributed by atoms with Crippen molar-refractivity contribution in [1.29, 1.82) is 0 Å². The van der Waals surface area contributed by atoms with Gasteiger partial charge in [-0.3, -0.25) is 4.98 Å². The van der Waals surface area contributed by atoms with E-state index >= 15 is 0 Å². The summed E-state index contributed by atoms with van der Waals surface area (Å²) in [6, 6.07) is 4.00. The van der Waals surface area contributed by atoms with Crippen molar-refractivity contribution in [2.75, 3.05) is 11.9 Å². The highest BCUT2D eigenvalue weighted by Gasteiger charge is 2.06. The molecule has 1 atom stereocenters. The van der Waals surface area contributed by atoms with E-state index in [1.807, 2.05) is 39.2 Å². The zero-order valence-corrected chi connectivity index (χ0v) is 11.7. The number of aryl methyl sites for hydroxylation is 1. The second kappa shape index (κ2) is 5.46. The van der Waals surface area contributed by atoms with E-state index in [-0.39, 0.29) is 6.04 Å². The van der Waals surface area contributed by atoms with E-state index < -0.39 is 0 Å². The van der Waals surface area contributed by atoms with Crippen molar-refractivity contribution >= 4 is 17.0 Å². The summed E-state index contributed by atoms with van der Waals surface area (Å²) in [6.45, 7) is 4.75. The van der Waals surface area contributed by atoms with Gasteiger partial charge >= 0.3 is 0 Å². The first-order valence-corrected chi connectivity index (χ1v) is 6.78. The normalized spacial score (nSPS) is 12.4. The summed E-state index contributed by atoms with van der Waals surface area (Å²) in [6.07, 6.45) is 1.86. The SMILES string of the molecule is Cc1nc(CN(C)c2ccc([C@H](C)N)nc2)cs1. The fourth-order valence-corrected chi connectivity index (χ4v) is 2.31. The molecule has 0 aliphatic rings. The standard InChI is InChI=1S/C13H18N4S/c1-9(14)13-5-4-12(6-15-13)17(3)7-11-8-18-10(2)16-11/h4-6,8-9H,7,14H2,1-3H3/t9-/m0/s1. The van der Waals surface area contributed by atoms with E-state index in [1.54, 1.807) is 11.3 Å². The zero-order valence-electron chi connectivity index (χ0n) is 10.9. The maximum absolute atomic E-state index is 5.78. The van der Waals surface area contributed by atoms with Gasteiger partial charge in [-0.15, -0.1) is 11.3 Å². The lowest BCUT2D eigenvalue weighted by Gasteiger charge is -2.18. The lowest BCUT2D eigenvalue weighted by Crippen LogP contribution is -2.17. The van der Waals surface area contributed by atoms with Crippen molar-refractivity contribution in [2.45, 2.75) is 26.4 Å². The Kier molecular flexibility index (Phi) is 3.93. The van der Waals surface area contributed by atoms with Gasteiger partial charge in [0.25, 0.3) is 0 Å². The number of anilines is 1. The van der Waals surface area contributed by atoms with Crippen LogP contribution in [0, 0.1) is 6.92 Å². The summed E-state index contributed by atoms with van der Waals surface area (Å²) in [5.41, 5.74) is 8.86. The van der Waals surface area contributed by atoms with Gasteiger partial charge in [-0.05, 0) is 26.0 Å². The molecule has 0 aromatic carbocycles. The fourth-order valence-electron chi connectivity index (χ4n) is 1.71. The summed E-state index contributed by atoms with van der Waals surface area (Å²) in [5.74, 6) is 0. The van der Waals surface area contributed by atoms with Crippen molar-refractivity contribution < 1.29 is 0 Å². The average molecular weight is 262 g/mol. The summed E-state index contributed by atoms with van der Waals surface area (Å²) in [5, 5.41) is 3.19. The quantitative estimate of drug-likeness (QED) is 0.920. The Balaban J connectivity index is 2.06. The zero-order chi connectivity index (χ0) is 13.1. The molecule has 2 N–H and O–H groups in total. The molecule has 18 heavy (non-hydrogen) atoms. The topological polar surface area (TPSA) is 55.0 Å². The second-order valence-electron chi connectivity index (χ2n) is 4.44. The molecular formula is C13H18N4S. The Morgan fingerprint density at radius 1 is 1.44 bits per heavy atom. The fraction of sp³-hybridized carbons (Fsp3) is 0.385. The van der Waals surface area contributed by atoms with Crippen molar-refractivity contribution in [3.8, 4) is 0 Å². The Morgan fingerprint density at radius 2 is 2.22 bits per heavy atom. The summed E-state index contributed by atoms with van der Waals surface area (Å²) in [4.78, 5) is 11.0. The summed E-state index contributed by atoms with van der Waals surface area (Å²) >= 11 is 1.68. The van der Waals surface area contributed by atoms with Crippen LogP contribution in [0.1, 0.15) is 29.4 Å². The third kappa shape index (κ3) is 3.05. The van der Waals surface area contributed by atoms with Gasteiger partial charge in [0.15, 0.2) is 0 Å². The van der Waals surface area contributed by atoms with Crippen LogP contribution in [0.25, 0.3) is 0 Å². The molecule has 0 aliphatic heterocycles. The predicted octanol–water partition coefficient (Wildman–Crippen LogP) is 2.50. The minimum absolute atomic E-state index is 0.0226. The van der Waals surface area contributed by atoms with Crippen LogP contribution < -0.4 is 10.6 Å². The molecule has 2 heterocycles. The van der Waals surface area contributed by atoms with E-state index in [2.05, 4.69) is 20.2 Å². The number of aromatic nitrogens is 2. The maximum Gasteiger partial charge on any atom is 0.0898 e. The number of hydrogen-bond donors (Lipinski definition) is 1. The van der Waals surface area contributed by atoms with Gasteiger partial charge in [-0.25, -0.2) is 4.98 Å². The van der Waals surface area contributed by atoms with Gasteiger partial charge in [0, 0.05) is 18.5 Å².